The highest BCUT2D eigenvalue weighted by Crippen LogP contribution is 2.26. The van der Waals surface area contributed by atoms with E-state index in [9.17, 15) is 9.59 Å². The molecule has 0 unspecified atom stereocenters. The minimum absolute atomic E-state index is 0.0603. The van der Waals surface area contributed by atoms with Crippen molar-refractivity contribution in [3.63, 3.8) is 0 Å². The van der Waals surface area contributed by atoms with E-state index in [4.69, 9.17) is 4.42 Å². The molecule has 1 aromatic heterocycles. The fourth-order valence-corrected chi connectivity index (χ4v) is 3.52. The van der Waals surface area contributed by atoms with E-state index in [0.29, 0.717) is 22.4 Å². The largest absolute Gasteiger partial charge is 0.411 e. The van der Waals surface area contributed by atoms with Crippen LogP contribution < -0.4 is 5.32 Å². The van der Waals surface area contributed by atoms with E-state index in [1.165, 1.54) is 18.7 Å². The van der Waals surface area contributed by atoms with E-state index in [1.54, 1.807) is 24.3 Å². The van der Waals surface area contributed by atoms with E-state index in [0.717, 1.165) is 16.3 Å². The van der Waals surface area contributed by atoms with Crippen LogP contribution in [0.25, 0.3) is 22.2 Å². The molecule has 0 saturated heterocycles. The van der Waals surface area contributed by atoms with Crippen LogP contribution in [0.4, 0.5) is 5.69 Å². The van der Waals surface area contributed by atoms with Gasteiger partial charge in [0.2, 0.25) is 11.8 Å². The first-order chi connectivity index (χ1) is 14.1. The van der Waals surface area contributed by atoms with Crippen LogP contribution >= 0.6 is 11.8 Å². The van der Waals surface area contributed by atoms with Crippen LogP contribution in [-0.2, 0) is 4.79 Å². The number of hydrogen-bond acceptors (Lipinski definition) is 6. The maximum Gasteiger partial charge on any atom is 0.277 e. The molecule has 7 heteroatoms. The van der Waals surface area contributed by atoms with Crippen molar-refractivity contribution in [2.45, 2.75) is 12.1 Å². The van der Waals surface area contributed by atoms with Crippen molar-refractivity contribution in [1.82, 2.24) is 10.2 Å². The Morgan fingerprint density at radius 3 is 2.48 bits per heavy atom. The smallest absolute Gasteiger partial charge is 0.277 e. The van der Waals surface area contributed by atoms with Crippen molar-refractivity contribution >= 4 is 39.9 Å². The zero-order valence-corrected chi connectivity index (χ0v) is 16.4. The summed E-state index contributed by atoms with van der Waals surface area (Å²) in [5.74, 6) is 0.386. The van der Waals surface area contributed by atoms with Gasteiger partial charge in [-0.3, -0.25) is 9.59 Å². The molecule has 0 spiro atoms. The second-order valence-electron chi connectivity index (χ2n) is 6.41. The first-order valence-electron chi connectivity index (χ1n) is 8.95. The highest BCUT2D eigenvalue weighted by atomic mass is 32.2. The first-order valence-corrected chi connectivity index (χ1v) is 9.93. The Morgan fingerprint density at radius 1 is 0.966 bits per heavy atom. The highest BCUT2D eigenvalue weighted by Gasteiger charge is 2.13. The molecule has 0 atom stereocenters. The maximum atomic E-state index is 12.4. The Hall–Kier alpha value is -3.45. The lowest BCUT2D eigenvalue weighted by atomic mass is 10.1. The second kappa shape index (κ2) is 8.28. The normalized spacial score (nSPS) is 10.8. The number of rotatable bonds is 6. The molecule has 1 heterocycles. The Labute approximate surface area is 171 Å². The van der Waals surface area contributed by atoms with Crippen LogP contribution in [0.2, 0.25) is 0 Å². The quantitative estimate of drug-likeness (QED) is 0.367. The lowest BCUT2D eigenvalue weighted by molar-refractivity contribution is -0.114. The molecule has 0 aliphatic heterocycles. The molecule has 3 aromatic carbocycles. The van der Waals surface area contributed by atoms with Crippen LogP contribution in [0.15, 0.2) is 76.4 Å². The Kier molecular flexibility index (Phi) is 5.39. The Balaban J connectivity index is 1.41. The zero-order valence-electron chi connectivity index (χ0n) is 15.6. The third kappa shape index (κ3) is 4.52. The van der Waals surface area contributed by atoms with Crippen LogP contribution in [0.1, 0.15) is 17.3 Å². The van der Waals surface area contributed by atoms with E-state index in [1.807, 2.05) is 42.5 Å². The van der Waals surface area contributed by atoms with Gasteiger partial charge in [-0.1, -0.05) is 42.1 Å². The lowest BCUT2D eigenvalue weighted by Gasteiger charge is -2.03. The number of amides is 1. The number of Topliss-reactive ketones (excluding diaryl/α,β-unsaturated/α-hetero) is 1. The number of ketones is 1. The molecule has 6 nitrogen and oxygen atoms in total. The van der Waals surface area contributed by atoms with Crippen molar-refractivity contribution in [1.29, 1.82) is 0 Å². The third-order valence-corrected chi connectivity index (χ3v) is 5.08. The summed E-state index contributed by atoms with van der Waals surface area (Å²) >= 11 is 1.20. The van der Waals surface area contributed by atoms with E-state index < -0.39 is 0 Å². The number of carbonyl (C=O) groups excluding carboxylic acids is 2. The van der Waals surface area contributed by atoms with Crippen LogP contribution in [0.5, 0.6) is 0 Å². The minimum Gasteiger partial charge on any atom is -0.411 e. The molecular weight excluding hydrogens is 386 g/mol. The number of carbonyl (C=O) groups is 2. The van der Waals surface area contributed by atoms with Crippen molar-refractivity contribution < 1.29 is 14.0 Å². The minimum atomic E-state index is -0.154. The van der Waals surface area contributed by atoms with Gasteiger partial charge in [0.15, 0.2) is 5.78 Å². The topological polar surface area (TPSA) is 85.1 Å². The molecule has 29 heavy (non-hydrogen) atoms. The molecule has 0 aliphatic rings. The zero-order chi connectivity index (χ0) is 20.2. The monoisotopic (exact) mass is 403 g/mol. The molecule has 0 saturated carbocycles. The van der Waals surface area contributed by atoms with E-state index in [2.05, 4.69) is 15.5 Å². The van der Waals surface area contributed by atoms with Crippen molar-refractivity contribution in [2.75, 3.05) is 11.1 Å². The van der Waals surface area contributed by atoms with Crippen molar-refractivity contribution in [3.05, 3.63) is 72.3 Å². The SMILES string of the molecule is CC(=O)Nc1ccc(C(=O)CSc2nnc(-c3ccc4ccccc4c3)o2)cc1. The molecule has 144 valence electrons. The summed E-state index contributed by atoms with van der Waals surface area (Å²) in [4.78, 5) is 23.4. The number of nitrogens with one attached hydrogen (secondary N) is 1. The summed E-state index contributed by atoms with van der Waals surface area (Å²) in [6.45, 7) is 1.44. The predicted molar refractivity (Wildman–Crippen MR) is 113 cm³/mol. The molecular formula is C22H17N3O3S. The van der Waals surface area contributed by atoms with Gasteiger partial charge in [-0.15, -0.1) is 10.2 Å². The third-order valence-electron chi connectivity index (χ3n) is 4.26. The Morgan fingerprint density at radius 2 is 1.72 bits per heavy atom. The van der Waals surface area contributed by atoms with Gasteiger partial charge in [-0.2, -0.15) is 0 Å². The van der Waals surface area contributed by atoms with E-state index >= 15 is 0 Å². The average molecular weight is 403 g/mol. The number of thioether (sulfide) groups is 1. The molecule has 4 rings (SSSR count). The van der Waals surface area contributed by atoms with Gasteiger partial charge >= 0.3 is 0 Å². The number of anilines is 1. The fourth-order valence-electron chi connectivity index (χ4n) is 2.86. The number of hydrogen-bond donors (Lipinski definition) is 1. The summed E-state index contributed by atoms with van der Waals surface area (Å²) in [5.41, 5.74) is 2.04. The molecule has 0 bridgehead atoms. The van der Waals surface area contributed by atoms with Gasteiger partial charge in [-0.25, -0.2) is 0 Å². The average Bonchev–Trinajstić information content (AvgIpc) is 3.21. The first kappa shape index (κ1) is 18.9. The summed E-state index contributed by atoms with van der Waals surface area (Å²) < 4.78 is 5.71. The highest BCUT2D eigenvalue weighted by molar-refractivity contribution is 7.99. The molecule has 0 radical (unpaired) electrons. The summed E-state index contributed by atoms with van der Waals surface area (Å²) in [6.07, 6.45) is 0. The summed E-state index contributed by atoms with van der Waals surface area (Å²) in [6, 6.07) is 20.8. The molecule has 4 aromatic rings. The van der Waals surface area contributed by atoms with Crippen molar-refractivity contribution in [2.24, 2.45) is 0 Å². The maximum absolute atomic E-state index is 12.4. The second-order valence-corrected chi connectivity index (χ2v) is 7.33. The number of nitrogens with zero attached hydrogens (tertiary/aromatic N) is 2. The predicted octanol–water partition coefficient (Wildman–Crippen LogP) is 4.82. The molecule has 1 N–H and O–H groups in total. The van der Waals surface area contributed by atoms with Gasteiger partial charge in [-0.05, 0) is 47.2 Å². The molecule has 1 amide bonds. The van der Waals surface area contributed by atoms with Gasteiger partial charge in [0.25, 0.3) is 5.22 Å². The molecule has 0 aliphatic carbocycles. The summed E-state index contributed by atoms with van der Waals surface area (Å²) in [5, 5.41) is 13.4. The van der Waals surface area contributed by atoms with E-state index in [-0.39, 0.29) is 17.4 Å². The fraction of sp³-hybridized carbons (Fsp3) is 0.0909. The van der Waals surface area contributed by atoms with Crippen LogP contribution in [0.3, 0.4) is 0 Å². The van der Waals surface area contributed by atoms with Crippen LogP contribution in [0, 0.1) is 0 Å². The van der Waals surface area contributed by atoms with Crippen molar-refractivity contribution in [3.8, 4) is 11.5 Å². The van der Waals surface area contributed by atoms with Gasteiger partial charge in [0.05, 0.1) is 5.75 Å². The number of benzene rings is 3. The standard InChI is InChI=1S/C22H17N3O3S/c1-14(26)23-19-10-8-16(9-11-19)20(27)13-29-22-25-24-21(28-22)18-7-6-15-4-2-3-5-17(15)12-18/h2-12H,13H2,1H3,(H,23,26). The van der Waals surface area contributed by atoms with Crippen LogP contribution in [-0.4, -0.2) is 27.6 Å². The molecule has 0 fully saturated rings. The van der Waals surface area contributed by atoms with Gasteiger partial charge < -0.3 is 9.73 Å². The summed E-state index contributed by atoms with van der Waals surface area (Å²) in [7, 11) is 0. The van der Waals surface area contributed by atoms with Gasteiger partial charge in [0.1, 0.15) is 0 Å². The number of fused-ring (bicyclic) bond motifs is 1. The van der Waals surface area contributed by atoms with Gasteiger partial charge in [0, 0.05) is 23.7 Å². The number of aromatic nitrogens is 2. The Bertz CT molecular complexity index is 1190. The lowest BCUT2D eigenvalue weighted by Crippen LogP contribution is -2.07.